The van der Waals surface area contributed by atoms with E-state index in [1.54, 1.807) is 7.11 Å². The third-order valence-electron chi connectivity index (χ3n) is 9.98. The second-order valence-corrected chi connectivity index (χ2v) is 11.9. The number of benzene rings is 1. The minimum absolute atomic E-state index is 0.131. The summed E-state index contributed by atoms with van der Waals surface area (Å²) in [4.78, 5) is 25.6. The summed E-state index contributed by atoms with van der Waals surface area (Å²) in [6.45, 7) is 2.28. The molecule has 186 valence electrons. The fourth-order valence-electron chi connectivity index (χ4n) is 8.25. The highest BCUT2D eigenvalue weighted by atomic mass is 16.5. The second-order valence-electron chi connectivity index (χ2n) is 11.9. The van der Waals surface area contributed by atoms with Gasteiger partial charge >= 0.3 is 0 Å². The second kappa shape index (κ2) is 10.0. The van der Waals surface area contributed by atoms with Gasteiger partial charge in [0.25, 0.3) is 0 Å². The summed E-state index contributed by atoms with van der Waals surface area (Å²) < 4.78 is 5.47. The molecule has 0 spiro atoms. The number of fused-ring (bicyclic) bond motifs is 5. The van der Waals surface area contributed by atoms with Gasteiger partial charge in [0.15, 0.2) is 0 Å². The molecular formula is C30H43NO3. The molecule has 1 N–H and O–H groups in total. The molecule has 34 heavy (non-hydrogen) atoms. The highest BCUT2D eigenvalue weighted by Gasteiger charge is 2.58. The summed E-state index contributed by atoms with van der Waals surface area (Å²) >= 11 is 0. The smallest absolute Gasteiger partial charge is 0.220 e. The maximum atomic E-state index is 13.2. The van der Waals surface area contributed by atoms with Crippen LogP contribution in [0.15, 0.2) is 18.2 Å². The Kier molecular flexibility index (Phi) is 7.04. The number of hydrogen-bond acceptors (Lipinski definition) is 3. The van der Waals surface area contributed by atoms with Crippen LogP contribution in [0, 0.1) is 23.2 Å². The van der Waals surface area contributed by atoms with Gasteiger partial charge in [0, 0.05) is 24.3 Å². The number of hydrogen-bond donors (Lipinski definition) is 1. The van der Waals surface area contributed by atoms with Crippen molar-refractivity contribution < 1.29 is 14.3 Å². The molecule has 1 amide bonds. The lowest BCUT2D eigenvalue weighted by Gasteiger charge is -2.50. The first-order valence-corrected chi connectivity index (χ1v) is 14.0. The minimum Gasteiger partial charge on any atom is -0.497 e. The maximum absolute atomic E-state index is 13.2. The van der Waals surface area contributed by atoms with Gasteiger partial charge in [-0.15, -0.1) is 0 Å². The van der Waals surface area contributed by atoms with Crippen molar-refractivity contribution in [2.45, 2.75) is 109 Å². The first-order chi connectivity index (χ1) is 16.5. The molecule has 0 heterocycles. The number of unbranched alkanes of at least 4 members (excludes halogenated alkanes) is 1. The molecule has 4 aliphatic carbocycles. The number of aryl methyl sites for hydroxylation is 1. The van der Waals surface area contributed by atoms with Crippen molar-refractivity contribution >= 4 is 11.7 Å². The Hall–Kier alpha value is -1.84. The van der Waals surface area contributed by atoms with Crippen LogP contribution in [-0.2, 0) is 16.0 Å². The van der Waals surface area contributed by atoms with Crippen LogP contribution >= 0.6 is 0 Å². The predicted octanol–water partition coefficient (Wildman–Crippen LogP) is 6.36. The first kappa shape index (κ1) is 23.9. The van der Waals surface area contributed by atoms with Crippen LogP contribution in [0.3, 0.4) is 0 Å². The van der Waals surface area contributed by atoms with Crippen LogP contribution in [-0.4, -0.2) is 24.8 Å². The standard InChI is InChI=1S/C30H43NO3/c1-30-17-16-25-24-15-13-23(34-2)18-20(24)12-14-26(25)29(30)21(19-27(30)32)8-6-7-11-28(33)31-22-9-4-3-5-10-22/h13,15,18,21-22,25-26,29H,3-12,14,16-17,19H2,1-2H3,(H,31,33)/t21-,25-,26-,29+,30-/m1/s1. The molecule has 0 aromatic heterocycles. The zero-order chi connectivity index (χ0) is 23.7. The lowest BCUT2D eigenvalue weighted by molar-refractivity contribution is -0.129. The van der Waals surface area contributed by atoms with Crippen molar-refractivity contribution in [1.29, 1.82) is 0 Å². The Balaban J connectivity index is 1.20. The molecule has 4 nitrogen and oxygen atoms in total. The third-order valence-corrected chi connectivity index (χ3v) is 9.98. The number of amides is 1. The fourth-order valence-corrected chi connectivity index (χ4v) is 8.25. The molecule has 4 heteroatoms. The van der Waals surface area contributed by atoms with E-state index in [2.05, 4.69) is 30.4 Å². The summed E-state index contributed by atoms with van der Waals surface area (Å²) in [6, 6.07) is 7.05. The minimum atomic E-state index is -0.131. The number of methoxy groups -OCH3 is 1. The molecule has 0 saturated heterocycles. The normalized spacial score (nSPS) is 33.1. The van der Waals surface area contributed by atoms with E-state index >= 15 is 0 Å². The van der Waals surface area contributed by atoms with Crippen LogP contribution in [0.5, 0.6) is 5.75 Å². The molecule has 0 bridgehead atoms. The van der Waals surface area contributed by atoms with Gasteiger partial charge in [-0.25, -0.2) is 0 Å². The zero-order valence-corrected chi connectivity index (χ0v) is 21.2. The van der Waals surface area contributed by atoms with Crippen LogP contribution < -0.4 is 10.1 Å². The number of carbonyl (C=O) groups excluding carboxylic acids is 2. The van der Waals surface area contributed by atoms with E-state index in [0.717, 1.165) is 63.5 Å². The molecule has 5 atom stereocenters. The summed E-state index contributed by atoms with van der Waals surface area (Å²) in [5, 5.41) is 3.26. The fraction of sp³-hybridized carbons (Fsp3) is 0.733. The molecule has 3 saturated carbocycles. The third kappa shape index (κ3) is 4.54. The average molecular weight is 466 g/mol. The van der Waals surface area contributed by atoms with Crippen LogP contribution in [0.2, 0.25) is 0 Å². The number of nitrogens with one attached hydrogen (secondary N) is 1. The molecule has 1 aromatic carbocycles. The molecule has 0 unspecified atom stereocenters. The molecule has 5 rings (SSSR count). The van der Waals surface area contributed by atoms with Crippen molar-refractivity contribution in [1.82, 2.24) is 5.32 Å². The Morgan fingerprint density at radius 1 is 1.12 bits per heavy atom. The molecule has 1 aromatic rings. The Bertz CT molecular complexity index is 904. The van der Waals surface area contributed by atoms with Gasteiger partial charge in [-0.1, -0.05) is 38.7 Å². The van der Waals surface area contributed by atoms with Crippen LogP contribution in [0.4, 0.5) is 0 Å². The highest BCUT2D eigenvalue weighted by Crippen LogP contribution is 2.62. The van der Waals surface area contributed by atoms with E-state index in [0.29, 0.717) is 41.9 Å². The van der Waals surface area contributed by atoms with Gasteiger partial charge in [0.05, 0.1) is 7.11 Å². The molecule has 0 radical (unpaired) electrons. The van der Waals surface area contributed by atoms with E-state index in [9.17, 15) is 9.59 Å². The van der Waals surface area contributed by atoms with Gasteiger partial charge in [0.1, 0.15) is 11.5 Å². The maximum Gasteiger partial charge on any atom is 0.220 e. The molecule has 4 aliphatic rings. The number of Topliss-reactive ketones (excluding diaryl/α,β-unsaturated/α-hetero) is 1. The van der Waals surface area contributed by atoms with Crippen molar-refractivity contribution in [2.24, 2.45) is 23.2 Å². The molecular weight excluding hydrogens is 422 g/mol. The quantitative estimate of drug-likeness (QED) is 0.477. The monoisotopic (exact) mass is 465 g/mol. The van der Waals surface area contributed by atoms with Gasteiger partial charge in [-0.05, 0) is 98.3 Å². The van der Waals surface area contributed by atoms with E-state index in [1.807, 2.05) is 0 Å². The molecule has 0 aliphatic heterocycles. The van der Waals surface area contributed by atoms with Crippen LogP contribution in [0.25, 0.3) is 0 Å². The first-order valence-electron chi connectivity index (χ1n) is 14.0. The zero-order valence-electron chi connectivity index (χ0n) is 21.2. The van der Waals surface area contributed by atoms with Crippen molar-refractivity contribution in [2.75, 3.05) is 7.11 Å². The topological polar surface area (TPSA) is 55.4 Å². The van der Waals surface area contributed by atoms with E-state index in [1.165, 1.54) is 36.8 Å². The summed E-state index contributed by atoms with van der Waals surface area (Å²) in [5.41, 5.74) is 2.83. The summed E-state index contributed by atoms with van der Waals surface area (Å²) in [5.74, 6) is 3.90. The lowest BCUT2D eigenvalue weighted by Crippen LogP contribution is -2.44. The summed E-state index contributed by atoms with van der Waals surface area (Å²) in [6.07, 6.45) is 15.1. The number of rotatable bonds is 7. The van der Waals surface area contributed by atoms with E-state index < -0.39 is 0 Å². The average Bonchev–Trinajstić information content (AvgIpc) is 3.11. The number of carbonyl (C=O) groups is 2. The largest absolute Gasteiger partial charge is 0.497 e. The Labute approximate surface area is 205 Å². The number of ether oxygens (including phenoxy) is 1. The Morgan fingerprint density at radius 2 is 1.94 bits per heavy atom. The van der Waals surface area contributed by atoms with Gasteiger partial charge < -0.3 is 10.1 Å². The SMILES string of the molecule is COc1ccc2c(c1)CC[C@H]1[C@@H]3[C@H](CCCCC(=O)NC4CCCCC4)CC(=O)[C@@]3(C)CC[C@H]21. The van der Waals surface area contributed by atoms with Crippen molar-refractivity contribution in [3.63, 3.8) is 0 Å². The van der Waals surface area contributed by atoms with Crippen molar-refractivity contribution in [3.8, 4) is 5.75 Å². The van der Waals surface area contributed by atoms with Gasteiger partial charge in [-0.2, -0.15) is 0 Å². The van der Waals surface area contributed by atoms with Gasteiger partial charge in [-0.3, -0.25) is 9.59 Å². The highest BCUT2D eigenvalue weighted by molar-refractivity contribution is 5.87. The van der Waals surface area contributed by atoms with E-state index in [4.69, 9.17) is 4.74 Å². The van der Waals surface area contributed by atoms with Crippen LogP contribution in [0.1, 0.15) is 107 Å². The predicted molar refractivity (Wildman–Crippen MR) is 135 cm³/mol. The molecule has 3 fully saturated rings. The summed E-state index contributed by atoms with van der Waals surface area (Å²) in [7, 11) is 1.74. The van der Waals surface area contributed by atoms with Gasteiger partial charge in [0.2, 0.25) is 5.91 Å². The van der Waals surface area contributed by atoms with E-state index in [-0.39, 0.29) is 11.3 Å². The number of ketones is 1. The Morgan fingerprint density at radius 3 is 2.74 bits per heavy atom. The van der Waals surface area contributed by atoms with Crippen molar-refractivity contribution in [3.05, 3.63) is 29.3 Å². The lowest BCUT2D eigenvalue weighted by atomic mass is 9.54.